The van der Waals surface area contributed by atoms with E-state index in [1.165, 1.54) is 81.8 Å². The van der Waals surface area contributed by atoms with Gasteiger partial charge in [0.05, 0.1) is 19.1 Å². The molecule has 0 N–H and O–H groups in total. The lowest BCUT2D eigenvalue weighted by atomic mass is 9.92. The summed E-state index contributed by atoms with van der Waals surface area (Å²) in [6.07, 6.45) is 0. The van der Waals surface area contributed by atoms with Gasteiger partial charge >= 0.3 is 0 Å². The summed E-state index contributed by atoms with van der Waals surface area (Å²) in [5.41, 5.74) is 9.46. The first-order valence-electron chi connectivity index (χ1n) is 18.2. The third-order valence-corrected chi connectivity index (χ3v) is 12.9. The molecule has 0 aliphatic rings. The Morgan fingerprint density at radius 2 is 0.981 bits per heavy atom. The predicted molar refractivity (Wildman–Crippen MR) is 228 cm³/mol. The summed E-state index contributed by atoms with van der Waals surface area (Å²) in [7, 11) is -1.40. The van der Waals surface area contributed by atoms with Crippen LogP contribution >= 0.6 is 0 Å². The molecule has 0 atom stereocenters. The zero-order valence-electron chi connectivity index (χ0n) is 29.6. The van der Waals surface area contributed by atoms with Crippen molar-refractivity contribution in [1.29, 1.82) is 0 Å². The van der Waals surface area contributed by atoms with Gasteiger partial charge in [-0.05, 0) is 104 Å². The molecule has 0 aliphatic carbocycles. The number of hydrogen-bond donors (Lipinski definition) is 0. The number of para-hydroxylation sites is 2. The number of hydrogen-bond acceptors (Lipinski definition) is 1. The van der Waals surface area contributed by atoms with Gasteiger partial charge in [0.2, 0.25) is 0 Å². The van der Waals surface area contributed by atoms with E-state index in [1.54, 1.807) is 0 Å². The van der Waals surface area contributed by atoms with Gasteiger partial charge in [0, 0.05) is 33.5 Å². The van der Waals surface area contributed by atoms with Crippen LogP contribution in [0.2, 0.25) is 19.6 Å². The molecule has 0 saturated carbocycles. The maximum absolute atomic E-state index is 2.46. The van der Waals surface area contributed by atoms with Crippen LogP contribution < -0.4 is 10.1 Å². The van der Waals surface area contributed by atoms with E-state index in [0.29, 0.717) is 0 Å². The zero-order chi connectivity index (χ0) is 35.0. The van der Waals surface area contributed by atoms with Gasteiger partial charge < -0.3 is 9.47 Å². The van der Waals surface area contributed by atoms with Gasteiger partial charge in [0.25, 0.3) is 0 Å². The summed E-state index contributed by atoms with van der Waals surface area (Å²) in [5, 5.41) is 11.9. The SMILES string of the molecule is C[Si](C)(C)c1ccc(N(c2ccccc2)c2ccc(-c3ccc4c5c6ccc7cccc8ccc(cc5n(-c5ccccc5)c4c3)c6c87)cc2)cc1. The van der Waals surface area contributed by atoms with Crippen molar-refractivity contribution in [3.8, 4) is 16.8 Å². The molecular formula is C49H38N2Si. The lowest BCUT2D eigenvalue weighted by Gasteiger charge is -2.26. The summed E-state index contributed by atoms with van der Waals surface area (Å²) in [5.74, 6) is 0. The second kappa shape index (κ2) is 11.7. The van der Waals surface area contributed by atoms with Crippen molar-refractivity contribution in [2.75, 3.05) is 4.90 Å². The fraction of sp³-hybridized carbons (Fsp3) is 0.0612. The average Bonchev–Trinajstić information content (AvgIpc) is 3.51. The van der Waals surface area contributed by atoms with Crippen LogP contribution in [0, 0.1) is 0 Å². The van der Waals surface area contributed by atoms with E-state index in [0.717, 1.165) is 11.4 Å². The van der Waals surface area contributed by atoms with Crippen molar-refractivity contribution >= 4 is 84.4 Å². The molecule has 0 saturated heterocycles. The Bertz CT molecular complexity index is 2880. The number of benzene rings is 9. The minimum atomic E-state index is -1.40. The van der Waals surface area contributed by atoms with Crippen molar-refractivity contribution < 1.29 is 0 Å². The molecule has 10 aromatic rings. The number of fused-ring (bicyclic) bond motifs is 4. The van der Waals surface area contributed by atoms with Crippen LogP contribution in [-0.4, -0.2) is 12.6 Å². The number of anilines is 3. The number of rotatable bonds is 6. The van der Waals surface area contributed by atoms with Crippen molar-refractivity contribution in [2.45, 2.75) is 19.6 Å². The van der Waals surface area contributed by atoms with E-state index >= 15 is 0 Å². The van der Waals surface area contributed by atoms with Gasteiger partial charge in [-0.1, -0.05) is 140 Å². The highest BCUT2D eigenvalue weighted by molar-refractivity contribution is 6.88. The van der Waals surface area contributed by atoms with Crippen LogP contribution in [0.4, 0.5) is 17.1 Å². The minimum absolute atomic E-state index is 1.14. The van der Waals surface area contributed by atoms with Crippen molar-refractivity contribution in [2.24, 2.45) is 0 Å². The first-order valence-corrected chi connectivity index (χ1v) is 21.7. The summed E-state index contributed by atoms with van der Waals surface area (Å²) < 4.78 is 2.46. The fourth-order valence-corrected chi connectivity index (χ4v) is 9.45. The molecule has 0 amide bonds. The number of aromatic nitrogens is 1. The molecule has 1 heterocycles. The monoisotopic (exact) mass is 682 g/mol. The molecule has 0 aliphatic heterocycles. The lowest BCUT2D eigenvalue weighted by Crippen LogP contribution is -2.37. The Hall–Kier alpha value is -6.16. The van der Waals surface area contributed by atoms with Crippen LogP contribution in [-0.2, 0) is 0 Å². The molecule has 0 unspecified atom stereocenters. The van der Waals surface area contributed by atoms with Crippen LogP contribution in [0.3, 0.4) is 0 Å². The van der Waals surface area contributed by atoms with Gasteiger partial charge in [0.1, 0.15) is 0 Å². The standard InChI is InChI=1S/C49H38N2Si/c1-52(2,3)42-27-25-41(26-28-42)50(38-13-6-4-7-14-38)40-23-19-33(20-24-40)36-22-29-43-45(31-36)51(39-15-8-5-9-16-39)46-32-37-18-17-34-11-10-12-35-21-30-44(49(43)46)48(37)47(34)35/h4-32H,1-3H3. The molecular weight excluding hydrogens is 645 g/mol. The molecule has 0 fully saturated rings. The van der Waals surface area contributed by atoms with Gasteiger partial charge in [-0.15, -0.1) is 0 Å². The molecule has 1 aromatic heterocycles. The van der Waals surface area contributed by atoms with Crippen molar-refractivity contribution in [1.82, 2.24) is 4.57 Å². The second-order valence-electron chi connectivity index (χ2n) is 15.0. The van der Waals surface area contributed by atoms with E-state index in [4.69, 9.17) is 0 Å². The Labute approximate surface area is 305 Å². The molecule has 0 radical (unpaired) electrons. The van der Waals surface area contributed by atoms with Crippen molar-refractivity contribution in [3.63, 3.8) is 0 Å². The van der Waals surface area contributed by atoms with E-state index in [9.17, 15) is 0 Å². The van der Waals surface area contributed by atoms with Crippen LogP contribution in [0.5, 0.6) is 0 Å². The number of nitrogens with zero attached hydrogens (tertiary/aromatic N) is 2. The summed E-state index contributed by atoms with van der Waals surface area (Å²) >= 11 is 0. The predicted octanol–water partition coefficient (Wildman–Crippen LogP) is 13.4. The van der Waals surface area contributed by atoms with Crippen LogP contribution in [0.1, 0.15) is 0 Å². The van der Waals surface area contributed by atoms with Gasteiger partial charge in [-0.25, -0.2) is 0 Å². The largest absolute Gasteiger partial charge is 0.311 e. The quantitative estimate of drug-likeness (QED) is 0.125. The zero-order valence-corrected chi connectivity index (χ0v) is 30.6. The molecule has 10 rings (SSSR count). The lowest BCUT2D eigenvalue weighted by molar-refractivity contribution is 1.18. The Kier molecular flexibility index (Phi) is 6.89. The molecule has 0 bridgehead atoms. The average molecular weight is 683 g/mol. The topological polar surface area (TPSA) is 8.17 Å². The molecule has 3 heteroatoms. The first kappa shape index (κ1) is 30.6. The summed E-state index contributed by atoms with van der Waals surface area (Å²) in [6.45, 7) is 7.20. The Balaban J connectivity index is 1.14. The van der Waals surface area contributed by atoms with Crippen molar-refractivity contribution in [3.05, 3.63) is 176 Å². The van der Waals surface area contributed by atoms with E-state index in [2.05, 4.69) is 205 Å². The highest BCUT2D eigenvalue weighted by Crippen LogP contribution is 2.44. The van der Waals surface area contributed by atoms with Crippen LogP contribution in [0.25, 0.3) is 70.9 Å². The van der Waals surface area contributed by atoms with Crippen LogP contribution in [0.15, 0.2) is 176 Å². The minimum Gasteiger partial charge on any atom is -0.311 e. The normalized spacial score (nSPS) is 12.1. The second-order valence-corrected chi connectivity index (χ2v) is 20.1. The highest BCUT2D eigenvalue weighted by atomic mass is 28.3. The Morgan fingerprint density at radius 1 is 0.404 bits per heavy atom. The highest BCUT2D eigenvalue weighted by Gasteiger charge is 2.20. The summed E-state index contributed by atoms with van der Waals surface area (Å²) in [4.78, 5) is 2.35. The van der Waals surface area contributed by atoms with Gasteiger partial charge in [-0.2, -0.15) is 0 Å². The van der Waals surface area contributed by atoms with Gasteiger partial charge in [0.15, 0.2) is 0 Å². The molecule has 0 spiro atoms. The smallest absolute Gasteiger partial charge is 0.0775 e. The van der Waals surface area contributed by atoms with Gasteiger partial charge in [-0.3, -0.25) is 0 Å². The Morgan fingerprint density at radius 3 is 1.67 bits per heavy atom. The molecule has 2 nitrogen and oxygen atoms in total. The van der Waals surface area contributed by atoms with E-state index < -0.39 is 8.07 Å². The van der Waals surface area contributed by atoms with E-state index in [1.807, 2.05) is 0 Å². The van der Waals surface area contributed by atoms with E-state index in [-0.39, 0.29) is 0 Å². The first-order chi connectivity index (χ1) is 25.4. The maximum atomic E-state index is 2.46. The molecule has 248 valence electrons. The fourth-order valence-electron chi connectivity index (χ4n) is 8.28. The molecule has 52 heavy (non-hydrogen) atoms. The summed E-state index contributed by atoms with van der Waals surface area (Å²) in [6, 6.07) is 65.0. The third kappa shape index (κ3) is 4.85. The molecule has 9 aromatic carbocycles. The maximum Gasteiger partial charge on any atom is 0.0775 e. The third-order valence-electron chi connectivity index (χ3n) is 10.9.